The Kier molecular flexibility index (Phi) is 7.02. The first kappa shape index (κ1) is 20.3. The third-order valence-corrected chi connectivity index (χ3v) is 5.69. The Morgan fingerprint density at radius 1 is 1.04 bits per heavy atom. The van der Waals surface area contributed by atoms with Gasteiger partial charge in [-0.25, -0.2) is 0 Å². The predicted octanol–water partition coefficient (Wildman–Crippen LogP) is 5.05. The molecule has 1 aliphatic rings. The van der Waals surface area contributed by atoms with Gasteiger partial charge in [0, 0.05) is 18.5 Å². The van der Waals surface area contributed by atoms with Gasteiger partial charge >= 0.3 is 0 Å². The lowest BCUT2D eigenvalue weighted by molar-refractivity contribution is 0.0674. The summed E-state index contributed by atoms with van der Waals surface area (Å²) in [5.74, 6) is 0.414. The number of benzene rings is 2. The molecule has 1 fully saturated rings. The molecule has 3 rings (SSSR count). The Bertz CT molecular complexity index is 773. The predicted molar refractivity (Wildman–Crippen MR) is 113 cm³/mol. The van der Waals surface area contributed by atoms with E-state index in [-0.39, 0.29) is 5.91 Å². The zero-order chi connectivity index (χ0) is 19.9. The van der Waals surface area contributed by atoms with E-state index in [0.29, 0.717) is 24.4 Å². The molecule has 0 spiro atoms. The third-order valence-electron chi connectivity index (χ3n) is 5.69. The van der Waals surface area contributed by atoms with Crippen LogP contribution in [0.5, 0.6) is 0 Å². The number of aryl methyl sites for hydroxylation is 2. The topological polar surface area (TPSA) is 37.4 Å². The first-order valence-electron chi connectivity index (χ1n) is 10.4. The zero-order valence-corrected chi connectivity index (χ0v) is 17.0. The standard InChI is InChI=1S/C25H30NO2/c1-19-13-20(2)15-23(14-19)25(28)26(17-22-11-7-4-8-12-22)24(18-27)16-21-9-5-3-6-10-21/h3,5-6,9-10,13-15,22,24H,4,7-8,11-12,16-17H2,1-2H3/t24-/m0/s1. The number of carbonyl (C=O) groups excluding carboxylic acids is 2. The monoisotopic (exact) mass is 376 g/mol. The minimum atomic E-state index is -0.558. The Balaban J connectivity index is 1.88. The molecular formula is C25H30NO2. The maximum atomic E-state index is 13.5. The van der Waals surface area contributed by atoms with Crippen LogP contribution in [0, 0.1) is 19.8 Å². The van der Waals surface area contributed by atoms with Crippen molar-refractivity contribution in [2.75, 3.05) is 6.54 Å². The minimum absolute atomic E-state index is 0.0540. The highest BCUT2D eigenvalue weighted by Gasteiger charge is 2.29. The number of amides is 1. The molecule has 0 saturated heterocycles. The second-order valence-corrected chi connectivity index (χ2v) is 8.16. The fraction of sp³-hybridized carbons (Fsp3) is 0.440. The van der Waals surface area contributed by atoms with Crippen molar-refractivity contribution in [2.45, 2.75) is 58.4 Å². The summed E-state index contributed by atoms with van der Waals surface area (Å²) >= 11 is 0. The second-order valence-electron chi connectivity index (χ2n) is 8.16. The molecule has 3 nitrogen and oxygen atoms in total. The summed E-state index contributed by atoms with van der Waals surface area (Å²) in [6, 6.07) is 15.3. The maximum Gasteiger partial charge on any atom is 0.254 e. The smallest absolute Gasteiger partial charge is 0.254 e. The van der Waals surface area contributed by atoms with E-state index in [9.17, 15) is 9.59 Å². The highest BCUT2D eigenvalue weighted by Crippen LogP contribution is 2.26. The van der Waals surface area contributed by atoms with Crippen LogP contribution in [0.2, 0.25) is 0 Å². The normalized spacial score (nSPS) is 15.8. The summed E-state index contributed by atoms with van der Waals surface area (Å²) in [7, 11) is 0. The molecule has 0 heterocycles. The molecule has 1 aliphatic carbocycles. The van der Waals surface area contributed by atoms with Crippen LogP contribution in [0.25, 0.3) is 0 Å². The molecule has 3 heteroatoms. The van der Waals surface area contributed by atoms with Crippen LogP contribution in [-0.4, -0.2) is 29.7 Å². The zero-order valence-electron chi connectivity index (χ0n) is 17.0. The summed E-state index contributed by atoms with van der Waals surface area (Å²) in [5.41, 5.74) is 3.85. The van der Waals surface area contributed by atoms with Crippen LogP contribution < -0.4 is 0 Å². The van der Waals surface area contributed by atoms with Crippen molar-refractivity contribution in [3.8, 4) is 0 Å². The lowest BCUT2D eigenvalue weighted by atomic mass is 9.88. The molecule has 2 aromatic carbocycles. The fourth-order valence-electron chi connectivity index (χ4n) is 4.32. The molecule has 0 aromatic heterocycles. The van der Waals surface area contributed by atoms with Gasteiger partial charge < -0.3 is 4.90 Å². The molecule has 0 aliphatic heterocycles. The Morgan fingerprint density at radius 2 is 1.68 bits per heavy atom. The van der Waals surface area contributed by atoms with Gasteiger partial charge in [0.1, 0.15) is 6.04 Å². The Hall–Kier alpha value is -2.42. The van der Waals surface area contributed by atoms with Gasteiger partial charge in [-0.05, 0) is 50.3 Å². The van der Waals surface area contributed by atoms with Gasteiger partial charge in [-0.3, -0.25) is 9.59 Å². The van der Waals surface area contributed by atoms with Gasteiger partial charge in [0.15, 0.2) is 0 Å². The molecule has 1 amide bonds. The van der Waals surface area contributed by atoms with Crippen molar-refractivity contribution < 1.29 is 9.59 Å². The Labute approximate surface area is 168 Å². The molecule has 28 heavy (non-hydrogen) atoms. The SMILES string of the molecule is Cc1cc(C)cc(C(=O)N(CC2CCCCC2)[C@H]([C]=O)Cc2ccccc2)c1. The fourth-order valence-corrected chi connectivity index (χ4v) is 4.32. The van der Waals surface area contributed by atoms with Crippen molar-refractivity contribution in [2.24, 2.45) is 5.92 Å². The first-order valence-corrected chi connectivity index (χ1v) is 10.4. The quantitative estimate of drug-likeness (QED) is 0.678. The summed E-state index contributed by atoms with van der Waals surface area (Å²) in [5, 5.41) is 0. The van der Waals surface area contributed by atoms with E-state index in [4.69, 9.17) is 0 Å². The number of nitrogens with zero attached hydrogens (tertiary/aromatic N) is 1. The molecule has 0 unspecified atom stereocenters. The van der Waals surface area contributed by atoms with Crippen molar-refractivity contribution in [3.05, 3.63) is 70.8 Å². The van der Waals surface area contributed by atoms with Crippen molar-refractivity contribution in [1.29, 1.82) is 0 Å². The minimum Gasteiger partial charge on any atom is -0.327 e. The summed E-state index contributed by atoms with van der Waals surface area (Å²) in [6.45, 7) is 4.64. The van der Waals surface area contributed by atoms with E-state index in [0.717, 1.165) is 29.5 Å². The molecule has 1 saturated carbocycles. The largest absolute Gasteiger partial charge is 0.327 e. The van der Waals surface area contributed by atoms with E-state index < -0.39 is 6.04 Å². The number of rotatable bonds is 7. The van der Waals surface area contributed by atoms with E-state index >= 15 is 0 Å². The summed E-state index contributed by atoms with van der Waals surface area (Å²) in [6.07, 6.45) is 8.65. The average Bonchev–Trinajstić information content (AvgIpc) is 2.71. The van der Waals surface area contributed by atoms with Crippen LogP contribution in [0.1, 0.15) is 59.2 Å². The highest BCUT2D eigenvalue weighted by atomic mass is 16.2. The molecule has 0 bridgehead atoms. The summed E-state index contributed by atoms with van der Waals surface area (Å²) in [4.78, 5) is 27.2. The second kappa shape index (κ2) is 9.68. The van der Waals surface area contributed by atoms with Gasteiger partial charge in [-0.15, -0.1) is 0 Å². The molecule has 1 radical (unpaired) electrons. The van der Waals surface area contributed by atoms with Crippen molar-refractivity contribution in [3.63, 3.8) is 0 Å². The lowest BCUT2D eigenvalue weighted by Gasteiger charge is -2.33. The average molecular weight is 377 g/mol. The van der Waals surface area contributed by atoms with E-state index in [1.165, 1.54) is 19.3 Å². The molecule has 2 aromatic rings. The van der Waals surface area contributed by atoms with Gasteiger partial charge in [0.05, 0.1) is 0 Å². The van der Waals surface area contributed by atoms with E-state index in [1.54, 1.807) is 4.90 Å². The molecule has 1 atom stereocenters. The number of hydrogen-bond donors (Lipinski definition) is 0. The van der Waals surface area contributed by atoms with Crippen LogP contribution >= 0.6 is 0 Å². The molecular weight excluding hydrogens is 346 g/mol. The van der Waals surface area contributed by atoms with E-state index in [1.807, 2.05) is 56.3 Å². The van der Waals surface area contributed by atoms with Gasteiger partial charge in [-0.1, -0.05) is 66.8 Å². The number of hydrogen-bond acceptors (Lipinski definition) is 2. The van der Waals surface area contributed by atoms with Crippen LogP contribution in [0.15, 0.2) is 48.5 Å². The molecule has 0 N–H and O–H groups in total. The molecule has 147 valence electrons. The van der Waals surface area contributed by atoms with Crippen LogP contribution in [0.3, 0.4) is 0 Å². The Morgan fingerprint density at radius 3 is 2.29 bits per heavy atom. The van der Waals surface area contributed by atoms with E-state index in [2.05, 4.69) is 12.4 Å². The maximum absolute atomic E-state index is 13.5. The van der Waals surface area contributed by atoms with Crippen molar-refractivity contribution in [1.82, 2.24) is 4.90 Å². The van der Waals surface area contributed by atoms with Gasteiger partial charge in [0.2, 0.25) is 6.29 Å². The third kappa shape index (κ3) is 5.31. The highest BCUT2D eigenvalue weighted by molar-refractivity contribution is 5.96. The lowest BCUT2D eigenvalue weighted by Crippen LogP contribution is -2.45. The number of carbonyl (C=O) groups is 1. The first-order chi connectivity index (χ1) is 13.6. The van der Waals surface area contributed by atoms with Crippen LogP contribution in [-0.2, 0) is 11.2 Å². The van der Waals surface area contributed by atoms with Crippen LogP contribution in [0.4, 0.5) is 0 Å². The van der Waals surface area contributed by atoms with Gasteiger partial charge in [0.25, 0.3) is 5.91 Å². The van der Waals surface area contributed by atoms with Gasteiger partial charge in [-0.2, -0.15) is 0 Å². The van der Waals surface area contributed by atoms with Crippen molar-refractivity contribution >= 4 is 12.2 Å². The summed E-state index contributed by atoms with van der Waals surface area (Å²) < 4.78 is 0.